The quantitative estimate of drug-likeness (QED) is 0.0292. The van der Waals surface area contributed by atoms with Gasteiger partial charge in [0.25, 0.3) is 11.5 Å². The Morgan fingerprint density at radius 2 is 1.30 bits per heavy atom. The molecule has 8 aromatic rings. The van der Waals surface area contributed by atoms with Crippen LogP contribution in [-0.2, 0) is 43.4 Å². The number of carbonyl (C=O) groups excluding carboxylic acids is 3. The lowest BCUT2D eigenvalue weighted by Crippen LogP contribution is -2.52. The van der Waals surface area contributed by atoms with Crippen molar-refractivity contribution in [3.8, 4) is 17.6 Å². The topological polar surface area (TPSA) is 303 Å². The summed E-state index contributed by atoms with van der Waals surface area (Å²) in [4.78, 5) is 80.6. The van der Waals surface area contributed by atoms with Crippen LogP contribution in [-0.4, -0.2) is 151 Å². The molecule has 91 heavy (non-hydrogen) atoms. The number of anilines is 2. The number of hydrogen-bond donors (Lipinski definition) is 4. The molecule has 4 aromatic heterocycles. The summed E-state index contributed by atoms with van der Waals surface area (Å²) in [7, 11) is 2.79. The maximum atomic E-state index is 15.8. The highest BCUT2D eigenvalue weighted by Crippen LogP contribution is 2.61. The molecule has 0 aliphatic carbocycles. The average molecular weight is 1260 g/mol. The van der Waals surface area contributed by atoms with E-state index in [0.29, 0.717) is 22.7 Å². The van der Waals surface area contributed by atoms with Gasteiger partial charge < -0.3 is 48.4 Å². The predicted molar refractivity (Wildman–Crippen MR) is 339 cm³/mol. The van der Waals surface area contributed by atoms with Gasteiger partial charge in [0, 0.05) is 68.9 Å². The normalized spacial score (nSPS) is 20.2. The van der Waals surface area contributed by atoms with Crippen molar-refractivity contribution in [3.05, 3.63) is 161 Å². The molecule has 0 radical (unpaired) electrons. The molecule has 6 heterocycles. The molecule has 478 valence electrons. The zero-order valence-corrected chi connectivity index (χ0v) is 53.3. The number of nitrogens with zero attached hydrogens (tertiary/aromatic N) is 9. The smallest absolute Gasteiger partial charge is 0.280 e. The molecular formula is C65H76N13O12P. The first-order valence-corrected chi connectivity index (χ1v) is 31.9. The van der Waals surface area contributed by atoms with Crippen LogP contribution >= 0.6 is 7.29 Å². The summed E-state index contributed by atoms with van der Waals surface area (Å²) < 4.78 is 66.4. The van der Waals surface area contributed by atoms with Crippen LogP contribution < -0.4 is 31.0 Å². The van der Waals surface area contributed by atoms with Crippen LogP contribution in [0.2, 0.25) is 0 Å². The van der Waals surface area contributed by atoms with E-state index in [4.69, 9.17) is 33.2 Å². The highest BCUT2D eigenvalue weighted by molar-refractivity contribution is 7.62. The number of methoxy groups -OCH3 is 4. The third-order valence-electron chi connectivity index (χ3n) is 17.0. The molecule has 8 atom stereocenters. The number of imidazole rings is 2. The van der Waals surface area contributed by atoms with E-state index in [9.17, 15) is 19.6 Å². The van der Waals surface area contributed by atoms with Gasteiger partial charge in [-0.15, -0.1) is 0 Å². The molecule has 0 spiro atoms. The highest BCUT2D eigenvalue weighted by Gasteiger charge is 2.55. The van der Waals surface area contributed by atoms with E-state index >= 15 is 9.36 Å². The number of aromatic amines is 1. The molecular weight excluding hydrogens is 1190 g/mol. The molecule has 2 aliphatic rings. The number of ether oxygens (including phenoxy) is 7. The van der Waals surface area contributed by atoms with Crippen LogP contribution in [0.3, 0.4) is 0 Å². The molecule has 0 bridgehead atoms. The molecule has 2 aliphatic heterocycles. The Balaban J connectivity index is 1.03. The summed E-state index contributed by atoms with van der Waals surface area (Å²) in [5.74, 6) is -1.19. The van der Waals surface area contributed by atoms with E-state index in [1.807, 2.05) is 117 Å². The van der Waals surface area contributed by atoms with Crippen LogP contribution in [0.4, 0.5) is 11.8 Å². The predicted octanol–water partition coefficient (Wildman–Crippen LogP) is 8.46. The van der Waals surface area contributed by atoms with Gasteiger partial charge >= 0.3 is 0 Å². The molecule has 2 fully saturated rings. The highest BCUT2D eigenvalue weighted by atomic mass is 31.2. The molecule has 3 amide bonds. The first-order chi connectivity index (χ1) is 43.9. The Hall–Kier alpha value is -8.73. The Bertz CT molecular complexity index is 3930. The SMILES string of the molecule is COc1ccc(C(OC[C@H]2O[C@@H](n3cnc4c(=O)[nH]c(NC(=O)C(C)C)nc43)[C@H](OC)[C@@H]2CC(=O)NC[C@H]2O[C@@H](n3cnc4c(NC(=O)c5ccccc5)ncnc43)[C@H](OC)[C@@H]2N(CCC#N)P(=O)(C(C)C)C(C)C)(c2ccccc2)c2ccc(OC)cc2)cc1. The van der Waals surface area contributed by atoms with Crippen LogP contribution in [0.1, 0.15) is 93.9 Å². The lowest BCUT2D eigenvalue weighted by atomic mass is 9.79. The number of amides is 3. The first-order valence-electron chi connectivity index (χ1n) is 30.1. The second-order valence-electron chi connectivity index (χ2n) is 23.2. The van der Waals surface area contributed by atoms with E-state index in [1.54, 1.807) is 61.5 Å². The molecule has 0 saturated carbocycles. The summed E-state index contributed by atoms with van der Waals surface area (Å²) in [6.45, 7) is 10.8. The van der Waals surface area contributed by atoms with Gasteiger partial charge in [0.1, 0.15) is 35.6 Å². The molecule has 26 heteroatoms. The zero-order chi connectivity index (χ0) is 64.7. The summed E-state index contributed by atoms with van der Waals surface area (Å²) in [5.41, 5.74) is 0.558. The second kappa shape index (κ2) is 28.2. The Morgan fingerprint density at radius 3 is 1.88 bits per heavy atom. The number of H-pyrrole nitrogens is 1. The van der Waals surface area contributed by atoms with E-state index < -0.39 is 85.0 Å². The average Bonchev–Trinajstić information content (AvgIpc) is 1.80. The lowest BCUT2D eigenvalue weighted by molar-refractivity contribution is -0.125. The Morgan fingerprint density at radius 1 is 0.725 bits per heavy atom. The van der Waals surface area contributed by atoms with Crippen LogP contribution in [0.15, 0.2) is 133 Å². The number of aromatic nitrogens is 8. The van der Waals surface area contributed by atoms with E-state index in [0.717, 1.165) is 16.7 Å². The zero-order valence-electron chi connectivity index (χ0n) is 52.4. The maximum Gasteiger partial charge on any atom is 0.280 e. The fourth-order valence-corrected chi connectivity index (χ4v) is 15.9. The number of nitriles is 1. The standard InChI is InChI=1S/C65H76N13O12P/c1-38(2)59(80)74-64-73-58-52(61(82)75-64)71-37-77(58)62-54(86-9)47(49(90-62)34-88-65(42-20-15-12-16-21-42,43-22-26-45(84-7)27-23-43)44-24-28-46(85-8)29-25-44)32-50(79)67-33-48-53(78(31-17-30-66)91(83,39(3)4)40(5)6)55(87-10)63(89-48)76-36-70-51-56(68-35-69-57(51)76)72-60(81)41-18-13-11-14-19-41/h11-16,18-29,35-40,47-49,53-55,62-63H,17,31-34H2,1-10H3,(H,67,79)(H,68,69,72,81)(H2,73,74,75,80,82)/t47-,48-,49-,53-,54-,55-,62-,63-/m1/s1. The number of benzene rings is 4. The van der Waals surface area contributed by atoms with Crippen LogP contribution in [0, 0.1) is 23.2 Å². The summed E-state index contributed by atoms with van der Waals surface area (Å²) in [6, 6.07) is 34.9. The van der Waals surface area contributed by atoms with Gasteiger partial charge in [-0.3, -0.25) is 38.6 Å². The van der Waals surface area contributed by atoms with Crippen molar-refractivity contribution in [3.63, 3.8) is 0 Å². The van der Waals surface area contributed by atoms with Crippen LogP contribution in [0.5, 0.6) is 11.5 Å². The van der Waals surface area contributed by atoms with E-state index in [-0.39, 0.29) is 78.2 Å². The van der Waals surface area contributed by atoms with Crippen molar-refractivity contribution >= 4 is 59.1 Å². The summed E-state index contributed by atoms with van der Waals surface area (Å²) >= 11 is 0. The summed E-state index contributed by atoms with van der Waals surface area (Å²) in [6.07, 6.45) is -1.83. The number of fused-ring (bicyclic) bond motifs is 2. The third-order valence-corrected chi connectivity index (χ3v) is 21.2. The van der Waals surface area contributed by atoms with Crippen LogP contribution in [0.25, 0.3) is 22.3 Å². The van der Waals surface area contributed by atoms with E-state index in [1.165, 1.54) is 33.2 Å². The first kappa shape index (κ1) is 65.2. The van der Waals surface area contributed by atoms with Gasteiger partial charge in [0.05, 0.1) is 57.8 Å². The molecule has 10 rings (SSSR count). The van der Waals surface area contributed by atoms with Gasteiger partial charge in [-0.1, -0.05) is 114 Å². The van der Waals surface area contributed by atoms with Gasteiger partial charge in [0.2, 0.25) is 17.8 Å². The van der Waals surface area contributed by atoms with Crippen molar-refractivity contribution in [2.24, 2.45) is 11.8 Å². The number of hydrogen-bond acceptors (Lipinski definition) is 18. The van der Waals surface area contributed by atoms with Gasteiger partial charge in [-0.2, -0.15) is 10.2 Å². The molecule has 4 aromatic carbocycles. The number of carbonyl (C=O) groups is 3. The van der Waals surface area contributed by atoms with E-state index in [2.05, 4.69) is 51.9 Å². The van der Waals surface area contributed by atoms with Gasteiger partial charge in [-0.05, 0) is 53.1 Å². The van der Waals surface area contributed by atoms with Crippen molar-refractivity contribution in [1.29, 1.82) is 5.26 Å². The fourth-order valence-electron chi connectivity index (χ4n) is 12.4. The summed E-state index contributed by atoms with van der Waals surface area (Å²) in [5, 5.41) is 18.8. The minimum absolute atomic E-state index is 0.0169. The molecule has 2 saturated heterocycles. The van der Waals surface area contributed by atoms with Crippen molar-refractivity contribution in [2.45, 2.75) is 114 Å². The lowest BCUT2D eigenvalue weighted by Gasteiger charge is -2.43. The molecule has 4 N–H and O–H groups in total. The Labute approximate surface area is 526 Å². The Kier molecular flexibility index (Phi) is 20.2. The largest absolute Gasteiger partial charge is 0.497 e. The minimum Gasteiger partial charge on any atom is -0.497 e. The van der Waals surface area contributed by atoms with Gasteiger partial charge in [-0.25, -0.2) is 24.6 Å². The van der Waals surface area contributed by atoms with Crippen molar-refractivity contribution in [2.75, 3.05) is 58.8 Å². The maximum absolute atomic E-state index is 15.8. The number of rotatable bonds is 26. The van der Waals surface area contributed by atoms with Crippen molar-refractivity contribution < 1.29 is 52.1 Å². The van der Waals surface area contributed by atoms with Gasteiger partial charge in [0.15, 0.2) is 47.9 Å². The third kappa shape index (κ3) is 13.0. The minimum atomic E-state index is -3.40. The second-order valence-corrected chi connectivity index (χ2v) is 27.1. The monoisotopic (exact) mass is 1260 g/mol. The number of nitrogens with one attached hydrogen (secondary N) is 4. The van der Waals surface area contributed by atoms with Crippen molar-refractivity contribution in [1.82, 2.24) is 49.0 Å². The molecule has 25 nitrogen and oxygen atoms in total. The fraction of sp³-hybridized carbons (Fsp3) is 0.415. The molecule has 0 unspecified atom stereocenters.